The second kappa shape index (κ2) is 25.8. The zero-order chi connectivity index (χ0) is 47.6. The Labute approximate surface area is 368 Å². The van der Waals surface area contributed by atoms with Gasteiger partial charge in [-0.05, 0) is 48.8 Å². The van der Waals surface area contributed by atoms with Crippen LogP contribution >= 0.6 is 0 Å². The minimum atomic E-state index is -1.53. The molecule has 0 aliphatic carbocycles. The zero-order valence-corrected chi connectivity index (χ0v) is 37.2. The molecule has 1 aromatic rings. The van der Waals surface area contributed by atoms with Gasteiger partial charge >= 0.3 is 0 Å². The molecule has 2 rings (SSSR count). The highest BCUT2D eigenvalue weighted by molar-refractivity contribution is 5.99. The molecule has 0 aromatic heterocycles. The summed E-state index contributed by atoms with van der Waals surface area (Å²) in [6.45, 7) is 7.24. The molecule has 19 nitrogen and oxygen atoms in total. The number of hydrogen-bond acceptors (Lipinski definition) is 12. The first-order valence-electron chi connectivity index (χ1n) is 21.3. The molecular weight excluding hydrogens is 819 g/mol. The van der Waals surface area contributed by atoms with Crippen LogP contribution in [-0.2, 0) is 59.2 Å². The molecule has 0 bridgehead atoms. The number of primary amides is 2. The average Bonchev–Trinajstić information content (AvgIpc) is 3.20. The summed E-state index contributed by atoms with van der Waals surface area (Å²) < 4.78 is 0. The van der Waals surface area contributed by atoms with Crippen molar-refractivity contribution in [2.45, 2.75) is 111 Å². The van der Waals surface area contributed by atoms with Gasteiger partial charge in [0, 0.05) is 62.8 Å². The number of Topliss-reactive ketones (excluding diaryl/α,β-unsaturated/α-hetero) is 4. The summed E-state index contributed by atoms with van der Waals surface area (Å²) in [7, 11) is 1.30. The van der Waals surface area contributed by atoms with Gasteiger partial charge in [0.1, 0.15) is 5.75 Å². The largest absolute Gasteiger partial charge is 0.508 e. The van der Waals surface area contributed by atoms with Crippen LogP contribution < -0.4 is 32.7 Å². The summed E-state index contributed by atoms with van der Waals surface area (Å²) in [6, 6.07) is 3.42. The van der Waals surface area contributed by atoms with Crippen molar-refractivity contribution in [3.05, 3.63) is 29.8 Å². The number of carbonyl (C=O) groups excluding carboxylic acids is 11. The molecule has 19 heteroatoms. The molecule has 0 unspecified atom stereocenters. The Morgan fingerprint density at radius 3 is 2.13 bits per heavy atom. The van der Waals surface area contributed by atoms with E-state index in [9.17, 15) is 57.8 Å². The van der Waals surface area contributed by atoms with Gasteiger partial charge in [-0.1, -0.05) is 53.2 Å². The van der Waals surface area contributed by atoms with Crippen LogP contribution in [0.3, 0.4) is 0 Å². The molecule has 1 fully saturated rings. The van der Waals surface area contributed by atoms with Crippen molar-refractivity contribution in [3.8, 4) is 5.75 Å². The van der Waals surface area contributed by atoms with E-state index in [1.165, 1.54) is 26.1 Å². The summed E-state index contributed by atoms with van der Waals surface area (Å²) in [6.07, 6.45) is -2.15. The van der Waals surface area contributed by atoms with Gasteiger partial charge in [-0.25, -0.2) is 0 Å². The van der Waals surface area contributed by atoms with E-state index in [2.05, 4.69) is 21.3 Å². The highest BCUT2D eigenvalue weighted by Gasteiger charge is 2.35. The van der Waals surface area contributed by atoms with Crippen molar-refractivity contribution in [3.63, 3.8) is 0 Å². The lowest BCUT2D eigenvalue weighted by Crippen LogP contribution is -2.50. The van der Waals surface area contributed by atoms with E-state index >= 15 is 0 Å². The van der Waals surface area contributed by atoms with E-state index in [4.69, 9.17) is 11.5 Å². The van der Waals surface area contributed by atoms with Crippen molar-refractivity contribution in [1.29, 1.82) is 0 Å². The SMILES string of the molecule is CC[C@H](C)[C@@H]1NC(=O)[C@H](Cc2ccc(O)cc2)CC(=O)CNC(=O)CC[C@@H](C(=O)N(C)CC(=O)C[C@@H](CC(C)C)C(=O)NCC(N)=O)CC(=O)[C@H](CC(N)=O)NC(=O)[C@H](C)CC1=O. The minimum Gasteiger partial charge on any atom is -0.508 e. The summed E-state index contributed by atoms with van der Waals surface area (Å²) in [5, 5.41) is 19.9. The van der Waals surface area contributed by atoms with Crippen molar-refractivity contribution in [1.82, 2.24) is 26.2 Å². The monoisotopic (exact) mass is 883 g/mol. The number of nitrogens with two attached hydrogens (primary N) is 2. The maximum absolute atomic E-state index is 14.0. The van der Waals surface area contributed by atoms with Crippen LogP contribution in [0.5, 0.6) is 5.75 Å². The summed E-state index contributed by atoms with van der Waals surface area (Å²) in [5.41, 5.74) is 11.2. The Bertz CT molecular complexity index is 1850. The zero-order valence-electron chi connectivity index (χ0n) is 37.2. The number of phenols is 1. The lowest BCUT2D eigenvalue weighted by Gasteiger charge is -2.28. The number of hydrogen-bond donors (Lipinski definition) is 7. The van der Waals surface area contributed by atoms with Gasteiger partial charge in [-0.15, -0.1) is 0 Å². The molecule has 7 amide bonds. The van der Waals surface area contributed by atoms with Crippen LogP contribution in [0.2, 0.25) is 0 Å². The molecule has 1 aromatic carbocycles. The molecule has 63 heavy (non-hydrogen) atoms. The smallest absolute Gasteiger partial charge is 0.236 e. The molecule has 1 aliphatic heterocycles. The highest BCUT2D eigenvalue weighted by atomic mass is 16.3. The topological polar surface area (TPSA) is 311 Å². The number of aromatic hydroxyl groups is 1. The van der Waals surface area contributed by atoms with Gasteiger partial charge in [0.2, 0.25) is 41.4 Å². The quantitative estimate of drug-likeness (QED) is 0.117. The number of amides is 7. The number of carbonyl (C=O) groups is 11. The van der Waals surface area contributed by atoms with Crippen molar-refractivity contribution >= 4 is 64.5 Å². The third kappa shape index (κ3) is 18.9. The van der Waals surface area contributed by atoms with Crippen LogP contribution in [0.25, 0.3) is 0 Å². The van der Waals surface area contributed by atoms with Gasteiger partial charge < -0.3 is 42.7 Å². The fraction of sp³-hybridized carbons (Fsp3) is 0.614. The Morgan fingerprint density at radius 1 is 0.889 bits per heavy atom. The molecular formula is C44H65N7O12. The molecule has 7 atom stereocenters. The van der Waals surface area contributed by atoms with E-state index in [0.717, 1.165) is 4.90 Å². The molecule has 0 radical (unpaired) electrons. The summed E-state index contributed by atoms with van der Waals surface area (Å²) in [5.74, 6) is -12.1. The van der Waals surface area contributed by atoms with Crippen LogP contribution in [0, 0.1) is 35.5 Å². The molecule has 1 aliphatic rings. The summed E-state index contributed by atoms with van der Waals surface area (Å²) >= 11 is 0. The predicted octanol–water partition coefficient (Wildman–Crippen LogP) is 0.163. The highest BCUT2D eigenvalue weighted by Crippen LogP contribution is 2.22. The Kier molecular flexibility index (Phi) is 21.8. The number of nitrogens with zero attached hydrogens (tertiary/aromatic N) is 1. The van der Waals surface area contributed by atoms with Gasteiger partial charge in [-0.3, -0.25) is 52.7 Å². The average molecular weight is 884 g/mol. The number of phenolic OH excluding ortho intramolecular Hbond substituents is 1. The first kappa shape index (κ1) is 53.1. The van der Waals surface area contributed by atoms with Gasteiger partial charge in [0.15, 0.2) is 23.1 Å². The molecule has 1 saturated heterocycles. The van der Waals surface area contributed by atoms with E-state index < -0.39 is 139 Å². The lowest BCUT2D eigenvalue weighted by molar-refractivity contribution is -0.141. The van der Waals surface area contributed by atoms with Gasteiger partial charge in [0.05, 0.1) is 38.1 Å². The Morgan fingerprint density at radius 2 is 1.54 bits per heavy atom. The van der Waals surface area contributed by atoms with Crippen LogP contribution in [0.15, 0.2) is 24.3 Å². The Balaban J connectivity index is 2.48. The maximum atomic E-state index is 14.0. The van der Waals surface area contributed by atoms with E-state index in [1.807, 2.05) is 20.8 Å². The third-order valence-electron chi connectivity index (χ3n) is 11.0. The van der Waals surface area contributed by atoms with Crippen LogP contribution in [0.4, 0.5) is 0 Å². The van der Waals surface area contributed by atoms with Gasteiger partial charge in [0.25, 0.3) is 0 Å². The first-order chi connectivity index (χ1) is 29.5. The number of likely N-dealkylation sites (N-methyl/N-ethyl adjacent to an activating group) is 1. The van der Waals surface area contributed by atoms with Crippen molar-refractivity contribution in [2.75, 3.05) is 26.7 Å². The number of nitrogens with one attached hydrogen (secondary N) is 4. The number of rotatable bonds is 16. The first-order valence-corrected chi connectivity index (χ1v) is 21.3. The second-order valence-electron chi connectivity index (χ2n) is 17.1. The van der Waals surface area contributed by atoms with Crippen LogP contribution in [0.1, 0.15) is 98.0 Å². The van der Waals surface area contributed by atoms with Gasteiger partial charge in [-0.2, -0.15) is 0 Å². The normalized spacial score (nSPS) is 22.2. The predicted molar refractivity (Wildman–Crippen MR) is 229 cm³/mol. The molecule has 9 N–H and O–H groups in total. The fourth-order valence-corrected chi connectivity index (χ4v) is 7.30. The summed E-state index contributed by atoms with van der Waals surface area (Å²) in [4.78, 5) is 146. The maximum Gasteiger partial charge on any atom is 0.236 e. The minimum absolute atomic E-state index is 0.0101. The van der Waals surface area contributed by atoms with Crippen molar-refractivity contribution < 1.29 is 57.8 Å². The molecule has 348 valence electrons. The van der Waals surface area contributed by atoms with Crippen molar-refractivity contribution in [2.24, 2.45) is 47.0 Å². The third-order valence-corrected chi connectivity index (χ3v) is 11.0. The molecule has 1 heterocycles. The fourth-order valence-electron chi connectivity index (χ4n) is 7.30. The van der Waals surface area contributed by atoms with E-state index in [-0.39, 0.29) is 56.6 Å². The Hall–Kier alpha value is -6.01. The number of ketones is 4. The standard InChI is InChI=1S/C44H65N7O12/c1-7-25(4)40-36(56)15-26(5)41(60)49-34(20-37(45)57)35(55)19-28(44(63)51(6)23-33(54)18-29(14-24(2)3)42(61)48-22-38(46)58)10-13-39(59)47-21-32(53)17-30(43(62)50-40)16-27-8-11-31(52)12-9-27/h8-9,11-12,24-26,28-30,34,40,52H,7,10,13-23H2,1-6H3,(H2,45,57)(H2,46,58)(H,47,59)(H,48,61)(H,49,60)(H,50,62)/t25-,26+,28+,29+,30+,34-,40-/m0/s1. The second-order valence-corrected chi connectivity index (χ2v) is 17.1. The number of benzene rings is 1. The molecule has 0 spiro atoms. The lowest BCUT2D eigenvalue weighted by atomic mass is 9.88. The molecule has 0 saturated carbocycles. The van der Waals surface area contributed by atoms with E-state index in [1.54, 1.807) is 19.1 Å². The van der Waals surface area contributed by atoms with Crippen LogP contribution in [-0.4, -0.2) is 113 Å². The van der Waals surface area contributed by atoms with E-state index in [0.29, 0.717) is 12.0 Å².